The van der Waals surface area contributed by atoms with Crippen molar-refractivity contribution in [3.63, 3.8) is 0 Å². The van der Waals surface area contributed by atoms with E-state index in [4.69, 9.17) is 4.74 Å². The zero-order valence-corrected chi connectivity index (χ0v) is 7.64. The lowest BCUT2D eigenvalue weighted by Gasteiger charge is -2.11. The van der Waals surface area contributed by atoms with Gasteiger partial charge < -0.3 is 10.1 Å². The van der Waals surface area contributed by atoms with Gasteiger partial charge in [-0.25, -0.2) is 0 Å². The van der Waals surface area contributed by atoms with Crippen LogP contribution in [0.25, 0.3) is 0 Å². The Morgan fingerprint density at radius 2 is 2.33 bits per heavy atom. The maximum Gasteiger partial charge on any atom is 0.313 e. The minimum Gasteiger partial charge on any atom is -0.466 e. The monoisotopic (exact) mass is 169 g/mol. The summed E-state index contributed by atoms with van der Waals surface area (Å²) < 4.78 is 5.06. The molecule has 2 rings (SSSR count). The van der Waals surface area contributed by atoms with E-state index in [0.29, 0.717) is 6.61 Å². The summed E-state index contributed by atoms with van der Waals surface area (Å²) in [5.74, 6) is -0.00231. The molecule has 68 valence electrons. The molecule has 0 aromatic carbocycles. The van der Waals surface area contributed by atoms with E-state index in [2.05, 4.69) is 12.2 Å². The van der Waals surface area contributed by atoms with Gasteiger partial charge in [0, 0.05) is 13.1 Å². The highest BCUT2D eigenvalue weighted by molar-refractivity contribution is 5.83. The first-order valence-electron chi connectivity index (χ1n) is 4.53. The first kappa shape index (κ1) is 8.05. The van der Waals surface area contributed by atoms with Crippen molar-refractivity contribution in [2.24, 2.45) is 10.8 Å². The summed E-state index contributed by atoms with van der Waals surface area (Å²) >= 11 is 0. The molecular weight excluding hydrogens is 154 g/mol. The fourth-order valence-electron chi connectivity index (χ4n) is 2.34. The molecule has 0 radical (unpaired) electrons. The summed E-state index contributed by atoms with van der Waals surface area (Å²) in [6.45, 7) is 6.28. The Morgan fingerprint density at radius 3 is 2.75 bits per heavy atom. The molecule has 0 aromatic rings. The summed E-state index contributed by atoms with van der Waals surface area (Å²) in [6, 6.07) is 0. The van der Waals surface area contributed by atoms with Crippen molar-refractivity contribution in [1.82, 2.24) is 5.32 Å². The quantitative estimate of drug-likeness (QED) is 0.613. The molecule has 0 spiro atoms. The van der Waals surface area contributed by atoms with Crippen LogP contribution in [-0.4, -0.2) is 25.7 Å². The lowest BCUT2D eigenvalue weighted by molar-refractivity contribution is -0.150. The molecule has 0 aromatic heterocycles. The zero-order valence-electron chi connectivity index (χ0n) is 7.64. The van der Waals surface area contributed by atoms with Crippen LogP contribution in [-0.2, 0) is 9.53 Å². The summed E-state index contributed by atoms with van der Waals surface area (Å²) in [7, 11) is 0. The third-order valence-corrected chi connectivity index (χ3v) is 3.33. The highest BCUT2D eigenvalue weighted by atomic mass is 16.5. The van der Waals surface area contributed by atoms with E-state index in [9.17, 15) is 4.79 Å². The number of ether oxygens (including phenoxy) is 1. The molecule has 1 heterocycles. The van der Waals surface area contributed by atoms with Crippen molar-refractivity contribution in [3.05, 3.63) is 0 Å². The molecule has 3 heteroatoms. The Balaban J connectivity index is 2.09. The third kappa shape index (κ3) is 0.774. The highest BCUT2D eigenvalue weighted by Gasteiger charge is 2.72. The van der Waals surface area contributed by atoms with Crippen molar-refractivity contribution in [2.45, 2.75) is 20.3 Å². The van der Waals surface area contributed by atoms with E-state index in [1.165, 1.54) is 0 Å². The minimum absolute atomic E-state index is 0.00231. The minimum atomic E-state index is -0.164. The highest BCUT2D eigenvalue weighted by Crippen LogP contribution is 2.66. The predicted octanol–water partition coefficient (Wildman–Crippen LogP) is 0.549. The van der Waals surface area contributed by atoms with Crippen LogP contribution in [0, 0.1) is 10.8 Å². The lowest BCUT2D eigenvalue weighted by Crippen LogP contribution is -2.26. The standard InChI is InChI=1S/C9H15NO2/c1-3-12-7(11)9-4-8(9,2)5-10-6-9/h10H,3-6H2,1-2H3/t8-,9+/m0/s1. The zero-order chi connectivity index (χ0) is 8.82. The number of fused-ring (bicyclic) bond motifs is 1. The van der Waals surface area contributed by atoms with Crippen LogP contribution < -0.4 is 5.32 Å². The number of hydrogen-bond donors (Lipinski definition) is 1. The molecule has 1 N–H and O–H groups in total. The molecule has 1 saturated heterocycles. The Labute approximate surface area is 72.5 Å². The van der Waals surface area contributed by atoms with Crippen molar-refractivity contribution >= 4 is 5.97 Å². The summed E-state index contributed by atoms with van der Waals surface area (Å²) in [6.07, 6.45) is 1.01. The lowest BCUT2D eigenvalue weighted by atomic mass is 9.99. The maximum absolute atomic E-state index is 11.6. The van der Waals surface area contributed by atoms with Gasteiger partial charge in [-0.2, -0.15) is 0 Å². The van der Waals surface area contributed by atoms with Gasteiger partial charge in [-0.3, -0.25) is 4.79 Å². The van der Waals surface area contributed by atoms with Crippen LogP contribution in [0.5, 0.6) is 0 Å². The SMILES string of the molecule is CCOC(=O)[C@@]12CNC[C@]1(C)C2. The van der Waals surface area contributed by atoms with Gasteiger partial charge >= 0.3 is 5.97 Å². The fraction of sp³-hybridized carbons (Fsp3) is 0.889. The van der Waals surface area contributed by atoms with Crippen molar-refractivity contribution in [3.8, 4) is 0 Å². The van der Waals surface area contributed by atoms with Gasteiger partial charge in [-0.1, -0.05) is 6.92 Å². The van der Waals surface area contributed by atoms with Gasteiger partial charge in [-0.15, -0.1) is 0 Å². The van der Waals surface area contributed by atoms with E-state index in [0.717, 1.165) is 19.5 Å². The molecular formula is C9H15NO2. The molecule has 2 atom stereocenters. The second-order valence-corrected chi connectivity index (χ2v) is 4.14. The smallest absolute Gasteiger partial charge is 0.313 e. The molecule has 2 fully saturated rings. The normalized spacial score (nSPS) is 43.8. The second kappa shape index (κ2) is 2.22. The molecule has 12 heavy (non-hydrogen) atoms. The summed E-state index contributed by atoms with van der Waals surface area (Å²) in [5, 5.41) is 3.24. The average molecular weight is 169 g/mol. The van der Waals surface area contributed by atoms with Crippen LogP contribution >= 0.6 is 0 Å². The van der Waals surface area contributed by atoms with Gasteiger partial charge in [0.05, 0.1) is 12.0 Å². The van der Waals surface area contributed by atoms with Crippen LogP contribution in [0.2, 0.25) is 0 Å². The van der Waals surface area contributed by atoms with Crippen LogP contribution in [0.4, 0.5) is 0 Å². The number of hydrogen-bond acceptors (Lipinski definition) is 3. The van der Waals surface area contributed by atoms with E-state index in [1.54, 1.807) is 0 Å². The average Bonchev–Trinajstić information content (AvgIpc) is 2.48. The summed E-state index contributed by atoms with van der Waals surface area (Å²) in [5.41, 5.74) is 0.0300. The Hall–Kier alpha value is -0.570. The van der Waals surface area contributed by atoms with Gasteiger partial charge in [-0.05, 0) is 18.8 Å². The second-order valence-electron chi connectivity index (χ2n) is 4.14. The molecule has 3 nitrogen and oxygen atoms in total. The Kier molecular flexibility index (Phi) is 1.49. The van der Waals surface area contributed by atoms with Crippen LogP contribution in [0.1, 0.15) is 20.3 Å². The Bertz CT molecular complexity index is 225. The topological polar surface area (TPSA) is 38.3 Å². The first-order valence-corrected chi connectivity index (χ1v) is 4.53. The largest absolute Gasteiger partial charge is 0.466 e. The summed E-state index contributed by atoms with van der Waals surface area (Å²) in [4.78, 5) is 11.6. The number of piperidine rings is 1. The van der Waals surface area contributed by atoms with Crippen LogP contribution in [0.3, 0.4) is 0 Å². The van der Waals surface area contributed by atoms with Gasteiger partial charge in [0.15, 0.2) is 0 Å². The Morgan fingerprint density at radius 1 is 1.58 bits per heavy atom. The van der Waals surface area contributed by atoms with Crippen molar-refractivity contribution in [2.75, 3.05) is 19.7 Å². The molecule has 0 amide bonds. The molecule has 2 aliphatic rings. The van der Waals surface area contributed by atoms with E-state index in [-0.39, 0.29) is 16.8 Å². The molecule has 1 aliphatic heterocycles. The molecule has 1 aliphatic carbocycles. The van der Waals surface area contributed by atoms with E-state index >= 15 is 0 Å². The predicted molar refractivity (Wildman–Crippen MR) is 44.7 cm³/mol. The van der Waals surface area contributed by atoms with Gasteiger partial charge in [0.2, 0.25) is 0 Å². The first-order chi connectivity index (χ1) is 5.65. The number of carbonyl (C=O) groups excluding carboxylic acids is 1. The number of esters is 1. The molecule has 0 bridgehead atoms. The number of carbonyl (C=O) groups is 1. The molecule has 1 saturated carbocycles. The fourth-order valence-corrected chi connectivity index (χ4v) is 2.34. The third-order valence-electron chi connectivity index (χ3n) is 3.33. The number of rotatable bonds is 2. The van der Waals surface area contributed by atoms with Crippen molar-refractivity contribution < 1.29 is 9.53 Å². The maximum atomic E-state index is 11.6. The van der Waals surface area contributed by atoms with Gasteiger partial charge in [0.1, 0.15) is 0 Å². The van der Waals surface area contributed by atoms with Crippen LogP contribution in [0.15, 0.2) is 0 Å². The van der Waals surface area contributed by atoms with Crippen molar-refractivity contribution in [1.29, 1.82) is 0 Å². The molecule has 0 unspecified atom stereocenters. The van der Waals surface area contributed by atoms with Gasteiger partial charge in [0.25, 0.3) is 0 Å². The van der Waals surface area contributed by atoms with E-state index < -0.39 is 0 Å². The van der Waals surface area contributed by atoms with E-state index in [1.807, 2.05) is 6.92 Å². The number of nitrogens with one attached hydrogen (secondary N) is 1.